The van der Waals surface area contributed by atoms with E-state index in [0.29, 0.717) is 6.04 Å². The summed E-state index contributed by atoms with van der Waals surface area (Å²) in [5, 5.41) is 0. The number of hydrogen-bond acceptors (Lipinski definition) is 4. The van der Waals surface area contributed by atoms with E-state index in [4.69, 9.17) is 14.9 Å². The van der Waals surface area contributed by atoms with Crippen LogP contribution in [0.15, 0.2) is 41.0 Å². The Balaban J connectivity index is 1.86. The molecule has 0 bridgehead atoms. The van der Waals surface area contributed by atoms with E-state index >= 15 is 0 Å². The quantitative estimate of drug-likeness (QED) is 0.820. The van der Waals surface area contributed by atoms with Crippen LogP contribution in [0.3, 0.4) is 0 Å². The molecule has 1 heterocycles. The third kappa shape index (κ3) is 3.51. The highest BCUT2D eigenvalue weighted by Gasteiger charge is 2.30. The van der Waals surface area contributed by atoms with E-state index in [9.17, 15) is 0 Å². The molecule has 112 valence electrons. The highest BCUT2D eigenvalue weighted by Crippen LogP contribution is 2.36. The van der Waals surface area contributed by atoms with Gasteiger partial charge in [-0.25, -0.2) is 0 Å². The van der Waals surface area contributed by atoms with Crippen LogP contribution in [0.4, 0.5) is 11.4 Å². The normalized spacial score (nSPS) is 14.4. The zero-order valence-corrected chi connectivity index (χ0v) is 12.6. The summed E-state index contributed by atoms with van der Waals surface area (Å²) in [5.41, 5.74) is 7.87. The predicted octanol–water partition coefficient (Wildman–Crippen LogP) is 3.82. The Bertz CT molecular complexity index is 589. The average Bonchev–Trinajstić information content (AvgIpc) is 3.11. The molecule has 4 heteroatoms. The first kappa shape index (κ1) is 13.9. The van der Waals surface area contributed by atoms with Crippen LogP contribution in [0.1, 0.15) is 32.4 Å². The summed E-state index contributed by atoms with van der Waals surface area (Å²) in [4.78, 5) is 2.35. The monoisotopic (exact) mass is 286 g/mol. The van der Waals surface area contributed by atoms with Crippen molar-refractivity contribution in [2.75, 3.05) is 10.6 Å². The first-order valence-corrected chi connectivity index (χ1v) is 7.48. The Morgan fingerprint density at radius 3 is 2.76 bits per heavy atom. The van der Waals surface area contributed by atoms with Crippen LogP contribution >= 0.6 is 0 Å². The Labute approximate surface area is 125 Å². The van der Waals surface area contributed by atoms with Gasteiger partial charge in [0.1, 0.15) is 11.5 Å². The minimum Gasteiger partial charge on any atom is -0.491 e. The standard InChI is InChI=1S/C17H22N2O2/c1-12(2)21-17-9-13(18)8-15(10-17)19(14-5-6-14)11-16-4-3-7-20-16/h3-4,7-10,12,14H,5-6,11,18H2,1-2H3. The lowest BCUT2D eigenvalue weighted by Crippen LogP contribution is -2.25. The third-order valence-corrected chi connectivity index (χ3v) is 3.51. The zero-order chi connectivity index (χ0) is 14.8. The molecule has 0 atom stereocenters. The maximum Gasteiger partial charge on any atom is 0.123 e. The average molecular weight is 286 g/mol. The lowest BCUT2D eigenvalue weighted by Gasteiger charge is -2.25. The fourth-order valence-electron chi connectivity index (χ4n) is 2.50. The van der Waals surface area contributed by atoms with Crippen molar-refractivity contribution in [2.24, 2.45) is 0 Å². The van der Waals surface area contributed by atoms with Crippen molar-refractivity contribution < 1.29 is 9.15 Å². The molecular weight excluding hydrogens is 264 g/mol. The van der Waals surface area contributed by atoms with E-state index in [1.54, 1.807) is 6.26 Å². The largest absolute Gasteiger partial charge is 0.491 e. The van der Waals surface area contributed by atoms with Crippen molar-refractivity contribution in [3.8, 4) is 5.75 Å². The molecule has 0 aliphatic heterocycles. The lowest BCUT2D eigenvalue weighted by atomic mass is 10.2. The molecule has 1 aromatic heterocycles. The summed E-state index contributed by atoms with van der Waals surface area (Å²) in [5.74, 6) is 1.79. The maximum atomic E-state index is 6.04. The summed E-state index contributed by atoms with van der Waals surface area (Å²) in [6.07, 6.45) is 4.29. The van der Waals surface area contributed by atoms with Crippen molar-refractivity contribution >= 4 is 11.4 Å². The van der Waals surface area contributed by atoms with E-state index in [1.807, 2.05) is 38.1 Å². The second kappa shape index (κ2) is 5.72. The van der Waals surface area contributed by atoms with Crippen LogP contribution in [-0.4, -0.2) is 12.1 Å². The van der Waals surface area contributed by atoms with E-state index < -0.39 is 0 Å². The third-order valence-electron chi connectivity index (χ3n) is 3.51. The Hall–Kier alpha value is -2.10. The molecule has 2 aromatic rings. The number of rotatable bonds is 6. The second-order valence-electron chi connectivity index (χ2n) is 5.87. The van der Waals surface area contributed by atoms with Crippen molar-refractivity contribution in [3.63, 3.8) is 0 Å². The van der Waals surface area contributed by atoms with Crippen molar-refractivity contribution in [1.82, 2.24) is 0 Å². The van der Waals surface area contributed by atoms with Crippen LogP contribution in [0.25, 0.3) is 0 Å². The van der Waals surface area contributed by atoms with Gasteiger partial charge in [0.05, 0.1) is 18.9 Å². The highest BCUT2D eigenvalue weighted by atomic mass is 16.5. The van der Waals surface area contributed by atoms with Gasteiger partial charge in [0.25, 0.3) is 0 Å². The van der Waals surface area contributed by atoms with Gasteiger partial charge in [0.2, 0.25) is 0 Å². The van der Waals surface area contributed by atoms with Gasteiger partial charge >= 0.3 is 0 Å². The van der Waals surface area contributed by atoms with Gasteiger partial charge < -0.3 is 19.8 Å². The summed E-state index contributed by atoms with van der Waals surface area (Å²) in [7, 11) is 0. The van der Waals surface area contributed by atoms with E-state index in [0.717, 1.165) is 29.4 Å². The summed E-state index contributed by atoms with van der Waals surface area (Å²) in [6.45, 7) is 4.80. The smallest absolute Gasteiger partial charge is 0.123 e. The zero-order valence-electron chi connectivity index (χ0n) is 12.6. The second-order valence-corrected chi connectivity index (χ2v) is 5.87. The minimum absolute atomic E-state index is 0.138. The molecule has 0 amide bonds. The van der Waals surface area contributed by atoms with Gasteiger partial charge in [-0.1, -0.05) is 0 Å². The molecule has 1 fully saturated rings. The van der Waals surface area contributed by atoms with Crippen molar-refractivity contribution in [2.45, 2.75) is 45.4 Å². The Morgan fingerprint density at radius 2 is 2.14 bits per heavy atom. The molecule has 2 N–H and O–H groups in total. The lowest BCUT2D eigenvalue weighted by molar-refractivity contribution is 0.242. The molecule has 1 aliphatic carbocycles. The Kier molecular flexibility index (Phi) is 3.78. The van der Waals surface area contributed by atoms with E-state index in [2.05, 4.69) is 11.0 Å². The molecule has 0 spiro atoms. The fraction of sp³-hybridized carbons (Fsp3) is 0.412. The first-order valence-electron chi connectivity index (χ1n) is 7.48. The number of benzene rings is 1. The SMILES string of the molecule is CC(C)Oc1cc(N)cc(N(Cc2ccco2)C2CC2)c1. The van der Waals surface area contributed by atoms with E-state index in [1.165, 1.54) is 12.8 Å². The molecule has 0 saturated heterocycles. The van der Waals surface area contributed by atoms with Gasteiger partial charge in [-0.3, -0.25) is 0 Å². The van der Waals surface area contributed by atoms with Crippen LogP contribution in [-0.2, 0) is 6.54 Å². The molecule has 1 aliphatic rings. The van der Waals surface area contributed by atoms with Crippen LogP contribution in [0.5, 0.6) is 5.75 Å². The minimum atomic E-state index is 0.138. The molecule has 21 heavy (non-hydrogen) atoms. The van der Waals surface area contributed by atoms with E-state index in [-0.39, 0.29) is 6.10 Å². The fourth-order valence-corrected chi connectivity index (χ4v) is 2.50. The van der Waals surface area contributed by atoms with Gasteiger partial charge in [-0.15, -0.1) is 0 Å². The number of anilines is 2. The summed E-state index contributed by atoms with van der Waals surface area (Å²) in [6, 6.07) is 10.5. The topological polar surface area (TPSA) is 51.6 Å². The van der Waals surface area contributed by atoms with Gasteiger partial charge in [0.15, 0.2) is 0 Å². The number of ether oxygens (including phenoxy) is 1. The van der Waals surface area contributed by atoms with Crippen molar-refractivity contribution in [1.29, 1.82) is 0 Å². The van der Waals surface area contributed by atoms with Gasteiger partial charge in [-0.2, -0.15) is 0 Å². The molecule has 0 radical (unpaired) electrons. The predicted molar refractivity (Wildman–Crippen MR) is 84.5 cm³/mol. The number of nitrogens with two attached hydrogens (primary N) is 1. The molecule has 3 rings (SSSR count). The molecule has 4 nitrogen and oxygen atoms in total. The molecule has 1 aromatic carbocycles. The van der Waals surface area contributed by atoms with Gasteiger partial charge in [-0.05, 0) is 44.9 Å². The summed E-state index contributed by atoms with van der Waals surface area (Å²) < 4.78 is 11.3. The van der Waals surface area contributed by atoms with Crippen molar-refractivity contribution in [3.05, 3.63) is 42.4 Å². The highest BCUT2D eigenvalue weighted by molar-refractivity contribution is 5.61. The molecule has 1 saturated carbocycles. The number of nitrogen functional groups attached to an aromatic ring is 1. The number of hydrogen-bond donors (Lipinski definition) is 1. The van der Waals surface area contributed by atoms with Gasteiger partial charge in [0, 0.05) is 29.5 Å². The van der Waals surface area contributed by atoms with Crippen LogP contribution in [0, 0.1) is 0 Å². The summed E-state index contributed by atoms with van der Waals surface area (Å²) >= 11 is 0. The van der Waals surface area contributed by atoms with Crippen LogP contribution < -0.4 is 15.4 Å². The van der Waals surface area contributed by atoms with Crippen LogP contribution in [0.2, 0.25) is 0 Å². The maximum absolute atomic E-state index is 6.04. The first-order chi connectivity index (χ1) is 10.1. The Morgan fingerprint density at radius 1 is 1.33 bits per heavy atom. The molecular formula is C17H22N2O2. The number of furan rings is 1. The molecule has 0 unspecified atom stereocenters. The number of nitrogens with zero attached hydrogens (tertiary/aromatic N) is 1.